The van der Waals surface area contributed by atoms with Gasteiger partial charge in [0.15, 0.2) is 0 Å². The molecule has 7 heteroatoms. The van der Waals surface area contributed by atoms with Gasteiger partial charge in [-0.05, 0) is 25.8 Å². The van der Waals surface area contributed by atoms with Crippen molar-refractivity contribution in [3.05, 3.63) is 58.4 Å². The first kappa shape index (κ1) is 21.2. The molecule has 0 aliphatic carbocycles. The molecule has 0 spiro atoms. The van der Waals surface area contributed by atoms with Crippen LogP contribution in [-0.2, 0) is 35.0 Å². The molecule has 0 bridgehead atoms. The second-order valence-corrected chi connectivity index (χ2v) is 6.29. The molecule has 1 aliphatic rings. The van der Waals surface area contributed by atoms with Gasteiger partial charge in [-0.15, -0.1) is 0 Å². The lowest BCUT2D eigenvalue weighted by Gasteiger charge is -2.31. The summed E-state index contributed by atoms with van der Waals surface area (Å²) in [5.74, 6) is -2.16. The predicted octanol–water partition coefficient (Wildman–Crippen LogP) is 2.28. The SMILES string of the molecule is CCOC(=O)C1=C(COC(C)=O)NC(C)=C(C(=O)OC)C1Cc1ccccc1. The van der Waals surface area contributed by atoms with Crippen molar-refractivity contribution in [1.82, 2.24) is 5.32 Å². The highest BCUT2D eigenvalue weighted by molar-refractivity contribution is 5.98. The molecule has 0 saturated heterocycles. The molecule has 1 aliphatic heterocycles. The van der Waals surface area contributed by atoms with Crippen molar-refractivity contribution in [1.29, 1.82) is 0 Å². The molecule has 1 N–H and O–H groups in total. The predicted molar refractivity (Wildman–Crippen MR) is 102 cm³/mol. The third kappa shape index (κ3) is 5.00. The minimum atomic E-state index is -0.597. The van der Waals surface area contributed by atoms with Gasteiger partial charge in [-0.1, -0.05) is 30.3 Å². The zero-order valence-electron chi connectivity index (χ0n) is 16.5. The summed E-state index contributed by atoms with van der Waals surface area (Å²) in [6.45, 7) is 4.77. The summed E-state index contributed by atoms with van der Waals surface area (Å²) in [6, 6.07) is 9.50. The Morgan fingerprint density at radius 3 is 2.29 bits per heavy atom. The van der Waals surface area contributed by atoms with Gasteiger partial charge in [0.05, 0.1) is 30.6 Å². The maximum atomic E-state index is 12.8. The first-order valence-corrected chi connectivity index (χ1v) is 9.02. The Bertz CT molecular complexity index is 809. The van der Waals surface area contributed by atoms with Gasteiger partial charge in [0.25, 0.3) is 0 Å². The Morgan fingerprint density at radius 2 is 1.71 bits per heavy atom. The molecule has 150 valence electrons. The van der Waals surface area contributed by atoms with Crippen molar-refractivity contribution in [2.24, 2.45) is 5.92 Å². The Labute approximate surface area is 164 Å². The highest BCUT2D eigenvalue weighted by Crippen LogP contribution is 2.34. The Hall–Kier alpha value is -3.09. The number of carbonyl (C=O) groups is 3. The average Bonchev–Trinajstić information content (AvgIpc) is 2.66. The van der Waals surface area contributed by atoms with Gasteiger partial charge in [0.2, 0.25) is 0 Å². The molecular weight excluding hydrogens is 362 g/mol. The van der Waals surface area contributed by atoms with Crippen LogP contribution < -0.4 is 5.32 Å². The summed E-state index contributed by atoms with van der Waals surface area (Å²) in [7, 11) is 1.30. The van der Waals surface area contributed by atoms with Gasteiger partial charge >= 0.3 is 17.9 Å². The molecule has 28 heavy (non-hydrogen) atoms. The van der Waals surface area contributed by atoms with Crippen molar-refractivity contribution in [2.75, 3.05) is 20.3 Å². The number of methoxy groups -OCH3 is 1. The van der Waals surface area contributed by atoms with Gasteiger partial charge in [0, 0.05) is 18.5 Å². The fourth-order valence-corrected chi connectivity index (χ4v) is 3.20. The summed E-state index contributed by atoms with van der Waals surface area (Å²) in [6.07, 6.45) is 0.391. The number of ether oxygens (including phenoxy) is 3. The number of benzene rings is 1. The van der Waals surface area contributed by atoms with E-state index in [1.54, 1.807) is 13.8 Å². The first-order chi connectivity index (χ1) is 13.4. The normalized spacial score (nSPS) is 16.4. The largest absolute Gasteiger partial charge is 0.466 e. The fraction of sp³-hybridized carbons (Fsp3) is 0.381. The van der Waals surface area contributed by atoms with Gasteiger partial charge in [-0.3, -0.25) is 4.79 Å². The number of esters is 3. The number of rotatable bonds is 7. The van der Waals surface area contributed by atoms with Crippen molar-refractivity contribution in [3.63, 3.8) is 0 Å². The molecule has 7 nitrogen and oxygen atoms in total. The zero-order valence-corrected chi connectivity index (χ0v) is 16.5. The van der Waals surface area contributed by atoms with Crippen LogP contribution >= 0.6 is 0 Å². The van der Waals surface area contributed by atoms with Crippen LogP contribution in [-0.4, -0.2) is 38.2 Å². The van der Waals surface area contributed by atoms with Crippen LogP contribution in [0.1, 0.15) is 26.3 Å². The van der Waals surface area contributed by atoms with Crippen LogP contribution in [0, 0.1) is 5.92 Å². The van der Waals surface area contributed by atoms with E-state index in [2.05, 4.69) is 5.32 Å². The van der Waals surface area contributed by atoms with Gasteiger partial charge in [0.1, 0.15) is 6.61 Å². The standard InChI is InChI=1S/C21H25NO6/c1-5-27-21(25)19-16(11-15-9-7-6-8-10-15)18(20(24)26-4)13(2)22-17(19)12-28-14(3)23/h6-10,16,22H,5,11-12H2,1-4H3. The number of allylic oxidation sites excluding steroid dienone is 1. The quantitative estimate of drug-likeness (QED) is 0.567. The Balaban J connectivity index is 2.56. The minimum Gasteiger partial charge on any atom is -0.466 e. The summed E-state index contributed by atoms with van der Waals surface area (Å²) in [4.78, 5) is 36.6. The Kier molecular flexibility index (Phi) is 7.37. The highest BCUT2D eigenvalue weighted by atomic mass is 16.5. The minimum absolute atomic E-state index is 0.124. The fourth-order valence-electron chi connectivity index (χ4n) is 3.20. The topological polar surface area (TPSA) is 90.9 Å². The molecule has 2 rings (SSSR count). The summed E-state index contributed by atoms with van der Waals surface area (Å²) < 4.78 is 15.3. The van der Waals surface area contributed by atoms with Crippen LogP contribution in [0.3, 0.4) is 0 Å². The van der Waals surface area contributed by atoms with Crippen LogP contribution in [0.4, 0.5) is 0 Å². The Morgan fingerprint density at radius 1 is 1.04 bits per heavy atom. The van der Waals surface area contributed by atoms with Gasteiger partial charge < -0.3 is 19.5 Å². The third-order valence-electron chi connectivity index (χ3n) is 4.37. The molecule has 1 atom stereocenters. The van der Waals surface area contributed by atoms with E-state index in [4.69, 9.17) is 14.2 Å². The van der Waals surface area contributed by atoms with Crippen molar-refractivity contribution >= 4 is 17.9 Å². The highest BCUT2D eigenvalue weighted by Gasteiger charge is 2.37. The summed E-state index contributed by atoms with van der Waals surface area (Å²) >= 11 is 0. The zero-order chi connectivity index (χ0) is 20.7. The third-order valence-corrected chi connectivity index (χ3v) is 4.37. The van der Waals surface area contributed by atoms with E-state index in [0.717, 1.165) is 5.56 Å². The van der Waals surface area contributed by atoms with Crippen molar-refractivity contribution in [2.45, 2.75) is 27.2 Å². The molecule has 1 unspecified atom stereocenters. The van der Waals surface area contributed by atoms with Crippen LogP contribution in [0.25, 0.3) is 0 Å². The van der Waals surface area contributed by atoms with Gasteiger partial charge in [-0.25, -0.2) is 9.59 Å². The van der Waals surface area contributed by atoms with Crippen LogP contribution in [0.5, 0.6) is 0 Å². The lowest BCUT2D eigenvalue weighted by atomic mass is 9.81. The van der Waals surface area contributed by atoms with Gasteiger partial charge in [-0.2, -0.15) is 0 Å². The number of hydrogen-bond donors (Lipinski definition) is 1. The van der Waals surface area contributed by atoms with E-state index in [1.807, 2.05) is 30.3 Å². The second kappa shape index (κ2) is 9.73. The van der Waals surface area contributed by atoms with E-state index < -0.39 is 23.8 Å². The molecule has 0 saturated carbocycles. The lowest BCUT2D eigenvalue weighted by Crippen LogP contribution is -2.36. The number of dihydropyridines is 1. The maximum Gasteiger partial charge on any atom is 0.336 e. The monoisotopic (exact) mass is 387 g/mol. The number of nitrogens with one attached hydrogen (secondary N) is 1. The number of hydrogen-bond acceptors (Lipinski definition) is 7. The molecule has 0 amide bonds. The molecule has 0 radical (unpaired) electrons. The van der Waals surface area contributed by atoms with Crippen LogP contribution in [0.15, 0.2) is 52.9 Å². The molecule has 1 aromatic rings. The van der Waals surface area contributed by atoms with E-state index in [-0.39, 0.29) is 18.8 Å². The molecular formula is C21H25NO6. The summed E-state index contributed by atoms with van der Waals surface area (Å²) in [5.41, 5.74) is 2.50. The summed E-state index contributed by atoms with van der Waals surface area (Å²) in [5, 5.41) is 3.02. The van der Waals surface area contributed by atoms with E-state index in [1.165, 1.54) is 14.0 Å². The lowest BCUT2D eigenvalue weighted by molar-refractivity contribution is -0.142. The maximum absolute atomic E-state index is 12.8. The van der Waals surface area contributed by atoms with E-state index >= 15 is 0 Å². The molecule has 0 fully saturated rings. The number of carbonyl (C=O) groups excluding carboxylic acids is 3. The smallest absolute Gasteiger partial charge is 0.336 e. The molecule has 1 aromatic carbocycles. The molecule has 1 heterocycles. The van der Waals surface area contributed by atoms with Crippen molar-refractivity contribution in [3.8, 4) is 0 Å². The second-order valence-electron chi connectivity index (χ2n) is 6.29. The van der Waals surface area contributed by atoms with Crippen LogP contribution in [0.2, 0.25) is 0 Å². The average molecular weight is 387 g/mol. The first-order valence-electron chi connectivity index (χ1n) is 9.02. The van der Waals surface area contributed by atoms with Crippen molar-refractivity contribution < 1.29 is 28.6 Å². The van der Waals surface area contributed by atoms with E-state index in [9.17, 15) is 14.4 Å². The molecule has 0 aromatic heterocycles. The van der Waals surface area contributed by atoms with E-state index in [0.29, 0.717) is 23.4 Å².